The lowest BCUT2D eigenvalue weighted by molar-refractivity contribution is 0.0857. The lowest BCUT2D eigenvalue weighted by Crippen LogP contribution is -2.43. The molecule has 3 aromatic rings. The molecule has 3 aromatic heterocycles. The van der Waals surface area contributed by atoms with Crippen molar-refractivity contribution >= 4 is 15.7 Å². The van der Waals surface area contributed by atoms with Crippen molar-refractivity contribution in [2.75, 3.05) is 20.2 Å². The van der Waals surface area contributed by atoms with E-state index in [1.165, 1.54) is 33.1 Å². The second-order valence-electron chi connectivity index (χ2n) is 6.94. The van der Waals surface area contributed by atoms with Gasteiger partial charge in [-0.3, -0.25) is 0 Å². The fraction of sp³-hybridized carbons (Fsp3) is 0.471. The van der Waals surface area contributed by atoms with E-state index in [1.807, 2.05) is 6.92 Å². The molecule has 0 unspecified atom stereocenters. The highest BCUT2D eigenvalue weighted by Gasteiger charge is 2.42. The quantitative estimate of drug-likeness (QED) is 0.648. The van der Waals surface area contributed by atoms with Crippen LogP contribution in [0.2, 0.25) is 0 Å². The Labute approximate surface area is 161 Å². The number of hydrogen-bond acceptors (Lipinski definition) is 6. The minimum Gasteiger partial charge on any atom is -0.480 e. The van der Waals surface area contributed by atoms with Crippen molar-refractivity contribution in [1.29, 1.82) is 0 Å². The molecular formula is C17H21FN6O3S. The normalized spacial score (nSPS) is 17.9. The number of pyridine rings is 1. The molecule has 28 heavy (non-hydrogen) atoms. The van der Waals surface area contributed by atoms with E-state index < -0.39 is 15.7 Å². The summed E-state index contributed by atoms with van der Waals surface area (Å²) in [7, 11) is -0.830. The summed E-state index contributed by atoms with van der Waals surface area (Å²) >= 11 is 0. The van der Waals surface area contributed by atoms with Crippen LogP contribution in [-0.2, 0) is 22.7 Å². The Bertz CT molecular complexity index is 1130. The van der Waals surface area contributed by atoms with Crippen molar-refractivity contribution in [3.63, 3.8) is 0 Å². The molecular weight excluding hydrogens is 387 g/mol. The number of aryl methyl sites for hydroxylation is 2. The molecule has 0 spiro atoms. The minimum absolute atomic E-state index is 0.0101. The average Bonchev–Trinajstić information content (AvgIpc) is 3.27. The maximum Gasteiger partial charge on any atom is 0.250 e. The van der Waals surface area contributed by atoms with Crippen molar-refractivity contribution < 1.29 is 17.5 Å². The predicted octanol–water partition coefficient (Wildman–Crippen LogP) is 1.43. The molecule has 1 aliphatic heterocycles. The first-order valence-electron chi connectivity index (χ1n) is 8.82. The van der Waals surface area contributed by atoms with E-state index in [-0.39, 0.29) is 36.7 Å². The standard InChI is InChI=1S/C17H21FN6O3S/c1-12-8-15-19-11-21-24(15)10-13(12)17(18)4-6-23(7-5-17)28(25,26)14-9-20-22(2)16(14)27-3/h8-11H,4-7H2,1-3H3. The lowest BCUT2D eigenvalue weighted by Gasteiger charge is -2.36. The van der Waals surface area contributed by atoms with Crippen molar-refractivity contribution in [2.45, 2.75) is 30.3 Å². The Balaban J connectivity index is 1.60. The summed E-state index contributed by atoms with van der Waals surface area (Å²) in [6.45, 7) is 1.95. The predicted molar refractivity (Wildman–Crippen MR) is 98.3 cm³/mol. The van der Waals surface area contributed by atoms with Gasteiger partial charge in [0.2, 0.25) is 15.9 Å². The van der Waals surface area contributed by atoms with Gasteiger partial charge in [-0.15, -0.1) is 0 Å². The van der Waals surface area contributed by atoms with Crippen LogP contribution in [0.5, 0.6) is 5.88 Å². The third kappa shape index (κ3) is 2.85. The number of methoxy groups -OCH3 is 1. The summed E-state index contributed by atoms with van der Waals surface area (Å²) in [5.41, 5.74) is 0.304. The zero-order valence-electron chi connectivity index (χ0n) is 15.8. The van der Waals surface area contributed by atoms with Crippen LogP contribution in [0.3, 0.4) is 0 Å². The first kappa shape index (κ1) is 18.8. The third-order valence-electron chi connectivity index (χ3n) is 5.28. The number of piperidine rings is 1. The van der Waals surface area contributed by atoms with Crippen LogP contribution in [0.25, 0.3) is 5.65 Å². The van der Waals surface area contributed by atoms with Crippen LogP contribution in [0.4, 0.5) is 4.39 Å². The zero-order valence-corrected chi connectivity index (χ0v) is 16.6. The second-order valence-corrected chi connectivity index (χ2v) is 8.85. The second kappa shape index (κ2) is 6.52. The van der Waals surface area contributed by atoms with E-state index in [0.717, 1.165) is 5.56 Å². The van der Waals surface area contributed by atoms with Crippen LogP contribution in [-0.4, -0.2) is 57.3 Å². The number of halogens is 1. The fourth-order valence-corrected chi connectivity index (χ4v) is 5.29. The number of hydrogen-bond donors (Lipinski definition) is 0. The number of aromatic nitrogens is 5. The van der Waals surface area contributed by atoms with Gasteiger partial charge in [0.15, 0.2) is 10.5 Å². The largest absolute Gasteiger partial charge is 0.480 e. The molecule has 1 fully saturated rings. The Kier molecular flexibility index (Phi) is 4.38. The smallest absolute Gasteiger partial charge is 0.250 e. The molecule has 9 nitrogen and oxygen atoms in total. The summed E-state index contributed by atoms with van der Waals surface area (Å²) in [6.07, 6.45) is 4.42. The summed E-state index contributed by atoms with van der Waals surface area (Å²) in [5, 5.41) is 8.03. The van der Waals surface area contributed by atoms with Crippen LogP contribution in [0.15, 0.2) is 29.7 Å². The topological polar surface area (TPSA) is 94.6 Å². The van der Waals surface area contributed by atoms with E-state index in [1.54, 1.807) is 19.3 Å². The number of ether oxygens (including phenoxy) is 1. The molecule has 0 N–H and O–H groups in total. The number of sulfonamides is 1. The van der Waals surface area contributed by atoms with E-state index in [4.69, 9.17) is 4.74 Å². The lowest BCUT2D eigenvalue weighted by atomic mass is 9.85. The summed E-state index contributed by atoms with van der Waals surface area (Å²) in [4.78, 5) is 4.10. The Morgan fingerprint density at radius 1 is 1.25 bits per heavy atom. The van der Waals surface area contributed by atoms with Crippen molar-refractivity contribution in [3.05, 3.63) is 35.9 Å². The summed E-state index contributed by atoms with van der Waals surface area (Å²) in [5.74, 6) is 0.157. The molecule has 150 valence electrons. The van der Waals surface area contributed by atoms with Gasteiger partial charge >= 0.3 is 0 Å². The summed E-state index contributed by atoms with van der Waals surface area (Å²) < 4.78 is 51.1. The zero-order chi connectivity index (χ0) is 20.1. The molecule has 4 rings (SSSR count). The average molecular weight is 408 g/mol. The molecule has 0 saturated carbocycles. The number of alkyl halides is 1. The van der Waals surface area contributed by atoms with Gasteiger partial charge in [-0.25, -0.2) is 27.0 Å². The maximum absolute atomic E-state index is 15.8. The number of rotatable bonds is 4. The van der Waals surface area contributed by atoms with Crippen LogP contribution >= 0.6 is 0 Å². The molecule has 4 heterocycles. The minimum atomic E-state index is -3.82. The highest BCUT2D eigenvalue weighted by molar-refractivity contribution is 7.89. The van der Waals surface area contributed by atoms with Gasteiger partial charge in [-0.05, 0) is 31.4 Å². The number of nitrogens with zero attached hydrogens (tertiary/aromatic N) is 6. The molecule has 0 amide bonds. The van der Waals surface area contributed by atoms with Crippen LogP contribution in [0.1, 0.15) is 24.0 Å². The monoisotopic (exact) mass is 408 g/mol. The Morgan fingerprint density at radius 2 is 1.96 bits per heavy atom. The van der Waals surface area contributed by atoms with E-state index >= 15 is 4.39 Å². The van der Waals surface area contributed by atoms with Gasteiger partial charge in [0, 0.05) is 31.9 Å². The number of fused-ring (bicyclic) bond motifs is 1. The molecule has 1 saturated heterocycles. The molecule has 11 heteroatoms. The Morgan fingerprint density at radius 3 is 2.64 bits per heavy atom. The summed E-state index contributed by atoms with van der Waals surface area (Å²) in [6, 6.07) is 1.79. The molecule has 0 aliphatic carbocycles. The van der Waals surface area contributed by atoms with Crippen LogP contribution < -0.4 is 4.74 Å². The Hall–Kier alpha value is -2.53. The van der Waals surface area contributed by atoms with Gasteiger partial charge < -0.3 is 4.74 Å². The fourth-order valence-electron chi connectivity index (χ4n) is 3.73. The highest BCUT2D eigenvalue weighted by Crippen LogP contribution is 2.40. The van der Waals surface area contributed by atoms with Gasteiger partial charge in [-0.1, -0.05) is 0 Å². The molecule has 1 aliphatic rings. The molecule has 0 atom stereocenters. The van der Waals surface area contributed by atoms with E-state index in [2.05, 4.69) is 15.2 Å². The van der Waals surface area contributed by atoms with E-state index in [0.29, 0.717) is 11.2 Å². The maximum atomic E-state index is 15.8. The SMILES string of the molecule is COc1c(S(=O)(=O)N2CCC(F)(c3cn4ncnc4cc3C)CC2)cnn1C. The third-order valence-corrected chi connectivity index (χ3v) is 7.17. The first-order chi connectivity index (χ1) is 13.3. The molecule has 0 radical (unpaired) electrons. The van der Waals surface area contributed by atoms with Gasteiger partial charge in [0.25, 0.3) is 0 Å². The van der Waals surface area contributed by atoms with E-state index in [9.17, 15) is 8.42 Å². The van der Waals surface area contributed by atoms with Gasteiger partial charge in [0.1, 0.15) is 12.0 Å². The highest BCUT2D eigenvalue weighted by atomic mass is 32.2. The van der Waals surface area contributed by atoms with Crippen molar-refractivity contribution in [2.24, 2.45) is 7.05 Å². The van der Waals surface area contributed by atoms with Crippen LogP contribution in [0, 0.1) is 6.92 Å². The van der Waals surface area contributed by atoms with Crippen molar-refractivity contribution in [1.82, 2.24) is 28.7 Å². The first-order valence-corrected chi connectivity index (χ1v) is 10.3. The van der Waals surface area contributed by atoms with Gasteiger partial charge in [0.05, 0.1) is 13.3 Å². The molecule has 0 bridgehead atoms. The molecule has 0 aromatic carbocycles. The van der Waals surface area contributed by atoms with Crippen molar-refractivity contribution in [3.8, 4) is 5.88 Å². The van der Waals surface area contributed by atoms with Gasteiger partial charge in [-0.2, -0.15) is 14.5 Å².